The molecule has 6 rings (SSSR count). The van der Waals surface area contributed by atoms with Crippen LogP contribution in [0.3, 0.4) is 0 Å². The zero-order valence-electron chi connectivity index (χ0n) is 20.4. The van der Waals surface area contributed by atoms with Gasteiger partial charge in [0.1, 0.15) is 24.3 Å². The summed E-state index contributed by atoms with van der Waals surface area (Å²) in [6, 6.07) is 7.39. The number of nitrogens with zero attached hydrogens (tertiary/aromatic N) is 2. The number of nitrogens with one attached hydrogen (secondary N) is 2. The van der Waals surface area contributed by atoms with E-state index in [-0.39, 0.29) is 24.2 Å². The van der Waals surface area contributed by atoms with E-state index in [0.29, 0.717) is 42.9 Å². The van der Waals surface area contributed by atoms with Crippen LogP contribution in [0.1, 0.15) is 30.4 Å². The van der Waals surface area contributed by atoms with Crippen LogP contribution in [0.4, 0.5) is 16.4 Å². The smallest absolute Gasteiger partial charge is 0.415 e. The van der Waals surface area contributed by atoms with E-state index in [1.165, 1.54) is 16.0 Å². The molecule has 1 saturated carbocycles. The molecule has 3 heterocycles. The van der Waals surface area contributed by atoms with Gasteiger partial charge in [0.15, 0.2) is 18.2 Å². The van der Waals surface area contributed by atoms with Crippen molar-refractivity contribution < 1.29 is 23.8 Å². The monoisotopic (exact) mass is 527 g/mol. The number of pyridine rings is 1. The maximum absolute atomic E-state index is 12.4. The van der Waals surface area contributed by atoms with Gasteiger partial charge in [0.25, 0.3) is 5.91 Å². The van der Waals surface area contributed by atoms with Crippen molar-refractivity contribution in [1.29, 1.82) is 0 Å². The lowest BCUT2D eigenvalue weighted by Crippen LogP contribution is -2.30. The van der Waals surface area contributed by atoms with E-state index in [1.807, 2.05) is 6.07 Å². The lowest BCUT2D eigenvalue weighted by molar-refractivity contribution is -0.118. The minimum absolute atomic E-state index is 0.0420. The van der Waals surface area contributed by atoms with E-state index in [2.05, 4.69) is 21.7 Å². The number of carbonyl (C=O) groups excluding carboxylic acids is 2. The fraction of sp³-hybridized carbons (Fsp3) is 0.500. The number of benzene rings is 1. The van der Waals surface area contributed by atoms with Crippen LogP contribution in [0.15, 0.2) is 24.3 Å². The molecule has 37 heavy (non-hydrogen) atoms. The normalized spacial score (nSPS) is 23.1. The topological polar surface area (TPSA) is 128 Å². The van der Waals surface area contributed by atoms with Crippen LogP contribution >= 0.6 is 11.6 Å². The third-order valence-electron chi connectivity index (χ3n) is 7.37. The number of amides is 2. The van der Waals surface area contributed by atoms with Crippen molar-refractivity contribution in [2.75, 3.05) is 43.1 Å². The quantitative estimate of drug-likeness (QED) is 0.425. The first-order valence-corrected chi connectivity index (χ1v) is 13.1. The van der Waals surface area contributed by atoms with Gasteiger partial charge in [0.05, 0.1) is 12.1 Å². The Kier molecular flexibility index (Phi) is 6.34. The highest BCUT2D eigenvalue weighted by atomic mass is 35.5. The highest BCUT2D eigenvalue weighted by Crippen LogP contribution is 2.37. The summed E-state index contributed by atoms with van der Waals surface area (Å²) in [6.07, 6.45) is 3.90. The average Bonchev–Trinajstić information content (AvgIpc) is 3.28. The van der Waals surface area contributed by atoms with Crippen molar-refractivity contribution in [3.63, 3.8) is 0 Å². The molecular weight excluding hydrogens is 498 g/mol. The molecule has 2 aliphatic carbocycles. The number of cyclic esters (lactones) is 1. The molecule has 4 N–H and O–H groups in total. The predicted molar refractivity (Wildman–Crippen MR) is 137 cm³/mol. The molecule has 11 heteroatoms. The van der Waals surface area contributed by atoms with E-state index in [9.17, 15) is 9.59 Å². The molecule has 4 aliphatic rings. The molecule has 2 atom stereocenters. The van der Waals surface area contributed by atoms with E-state index in [1.54, 1.807) is 12.1 Å². The van der Waals surface area contributed by atoms with E-state index >= 15 is 0 Å². The molecule has 1 aromatic heterocycles. The molecule has 196 valence electrons. The first kappa shape index (κ1) is 24.3. The van der Waals surface area contributed by atoms with Gasteiger partial charge in [-0.1, -0.05) is 11.6 Å². The minimum Gasteiger partial charge on any atom is -0.492 e. The lowest BCUT2D eigenvalue weighted by Gasteiger charge is -2.19. The van der Waals surface area contributed by atoms with Crippen molar-refractivity contribution in [2.45, 2.75) is 43.7 Å². The number of fused-ring (bicyclic) bond motifs is 2. The standard InChI is InChI=1S/C26H30ClN5O5/c27-20-10-18(36-14-26(28)4-5-26)9-16-7-15(8-19(16)20)11-29-6-3-17-12-32(25(34)37-17)22-2-1-21-24(30-22)31-23(33)13-35-21/h1-2,9-10,15,17,29H,3-8,11-14,28H2,(H,30,31,33). The summed E-state index contributed by atoms with van der Waals surface area (Å²) in [4.78, 5) is 29.9. The van der Waals surface area contributed by atoms with Crippen LogP contribution < -0.4 is 30.7 Å². The van der Waals surface area contributed by atoms with Gasteiger partial charge in [-0.15, -0.1) is 0 Å². The van der Waals surface area contributed by atoms with Crippen LogP contribution in [0.2, 0.25) is 5.02 Å². The van der Waals surface area contributed by atoms with Gasteiger partial charge >= 0.3 is 6.09 Å². The number of carbonyl (C=O) groups is 2. The summed E-state index contributed by atoms with van der Waals surface area (Å²) in [7, 11) is 0. The first-order valence-electron chi connectivity index (χ1n) is 12.7. The maximum atomic E-state index is 12.4. The number of anilines is 2. The molecule has 2 aromatic rings. The number of halogens is 1. The van der Waals surface area contributed by atoms with Crippen LogP contribution in [0, 0.1) is 5.92 Å². The molecule has 2 aliphatic heterocycles. The molecule has 1 aromatic carbocycles. The molecular formula is C26H30ClN5O5. The van der Waals surface area contributed by atoms with Gasteiger partial charge in [0, 0.05) is 5.02 Å². The third kappa shape index (κ3) is 5.32. The highest BCUT2D eigenvalue weighted by Gasteiger charge is 2.39. The Bertz CT molecular complexity index is 1240. The van der Waals surface area contributed by atoms with Crippen LogP contribution in [0.25, 0.3) is 0 Å². The number of nitrogens with two attached hydrogens (primary N) is 1. The average molecular weight is 528 g/mol. The minimum atomic E-state index is -0.443. The molecule has 1 saturated heterocycles. The lowest BCUT2D eigenvalue weighted by atomic mass is 10.1. The van der Waals surface area contributed by atoms with E-state index < -0.39 is 6.09 Å². The second-order valence-corrected chi connectivity index (χ2v) is 10.8. The molecule has 10 nitrogen and oxygen atoms in total. The SMILES string of the molecule is NC1(COc2cc(Cl)c3c(c2)CC(CNCCC2CN(c4ccc5c(n4)NC(=O)CO5)C(=O)O2)C3)CC1. The summed E-state index contributed by atoms with van der Waals surface area (Å²) in [5, 5.41) is 6.93. The van der Waals surface area contributed by atoms with E-state index in [0.717, 1.165) is 49.5 Å². The molecule has 0 bridgehead atoms. The van der Waals surface area contributed by atoms with Crippen LogP contribution in [-0.4, -0.2) is 61.5 Å². The third-order valence-corrected chi connectivity index (χ3v) is 7.71. The summed E-state index contributed by atoms with van der Waals surface area (Å²) < 4.78 is 16.8. The largest absolute Gasteiger partial charge is 0.492 e. The van der Waals surface area contributed by atoms with Crippen molar-refractivity contribution in [3.8, 4) is 11.5 Å². The Balaban J connectivity index is 0.963. The Hall–Kier alpha value is -3.08. The van der Waals surface area contributed by atoms with Gasteiger partial charge in [-0.25, -0.2) is 9.78 Å². The van der Waals surface area contributed by atoms with Gasteiger partial charge in [0.2, 0.25) is 0 Å². The Morgan fingerprint density at radius 1 is 1.27 bits per heavy atom. The number of hydrogen-bond donors (Lipinski definition) is 3. The van der Waals surface area contributed by atoms with Crippen LogP contribution in [0.5, 0.6) is 11.5 Å². The fourth-order valence-electron chi connectivity index (χ4n) is 5.04. The van der Waals surface area contributed by atoms with Gasteiger partial charge in [-0.2, -0.15) is 0 Å². The number of ether oxygens (including phenoxy) is 3. The predicted octanol–water partition coefficient (Wildman–Crippen LogP) is 2.66. The summed E-state index contributed by atoms with van der Waals surface area (Å²) in [5.41, 5.74) is 8.43. The van der Waals surface area contributed by atoms with Crippen molar-refractivity contribution in [3.05, 3.63) is 40.4 Å². The Morgan fingerprint density at radius 2 is 2.14 bits per heavy atom. The molecule has 0 radical (unpaired) electrons. The zero-order chi connectivity index (χ0) is 25.6. The molecule has 2 unspecified atom stereocenters. The Morgan fingerprint density at radius 3 is 2.97 bits per heavy atom. The summed E-state index contributed by atoms with van der Waals surface area (Å²) in [5.74, 6) is 2.20. The van der Waals surface area contributed by atoms with Crippen molar-refractivity contribution in [2.24, 2.45) is 11.7 Å². The van der Waals surface area contributed by atoms with E-state index in [4.69, 9.17) is 31.5 Å². The number of aromatic nitrogens is 1. The van der Waals surface area contributed by atoms with Crippen LogP contribution in [-0.2, 0) is 22.4 Å². The molecule has 2 fully saturated rings. The Labute approximate surface area is 219 Å². The van der Waals surface area contributed by atoms with Gasteiger partial charge in [-0.3, -0.25) is 9.69 Å². The van der Waals surface area contributed by atoms with Crippen molar-refractivity contribution >= 4 is 35.2 Å². The zero-order valence-corrected chi connectivity index (χ0v) is 21.2. The second-order valence-electron chi connectivity index (χ2n) is 10.4. The summed E-state index contributed by atoms with van der Waals surface area (Å²) >= 11 is 6.56. The molecule has 0 spiro atoms. The fourth-order valence-corrected chi connectivity index (χ4v) is 5.35. The first-order chi connectivity index (χ1) is 17.8. The highest BCUT2D eigenvalue weighted by molar-refractivity contribution is 6.31. The van der Waals surface area contributed by atoms with Crippen molar-refractivity contribution in [1.82, 2.24) is 10.3 Å². The number of hydrogen-bond acceptors (Lipinski definition) is 8. The molecule has 2 amide bonds. The maximum Gasteiger partial charge on any atom is 0.415 e. The van der Waals surface area contributed by atoms with Gasteiger partial charge in [-0.05, 0) is 86.5 Å². The second kappa shape index (κ2) is 9.66. The number of rotatable bonds is 9. The summed E-state index contributed by atoms with van der Waals surface area (Å²) in [6.45, 7) is 2.46. The van der Waals surface area contributed by atoms with Gasteiger partial charge < -0.3 is 30.6 Å².